The zero-order chi connectivity index (χ0) is 25.8. The second-order valence-electron chi connectivity index (χ2n) is 7.51. The average Bonchev–Trinajstić information content (AvgIpc) is 2.91. The van der Waals surface area contributed by atoms with Gasteiger partial charge in [-0.2, -0.15) is 0 Å². The van der Waals surface area contributed by atoms with Gasteiger partial charge in [-0.3, -0.25) is 4.79 Å². The monoisotopic (exact) mass is 492 g/mol. The number of benzene rings is 3. The zero-order valence-corrected chi connectivity index (χ0v) is 20.4. The summed E-state index contributed by atoms with van der Waals surface area (Å²) in [5.41, 5.74) is 0.825. The largest absolute Gasteiger partial charge is 0.493 e. The molecule has 9 nitrogen and oxygen atoms in total. The lowest BCUT2D eigenvalue weighted by Gasteiger charge is -2.14. The van der Waals surface area contributed by atoms with Gasteiger partial charge in [0.25, 0.3) is 0 Å². The van der Waals surface area contributed by atoms with E-state index in [-0.39, 0.29) is 22.1 Å². The predicted octanol–water partition coefficient (Wildman–Crippen LogP) is 4.72. The van der Waals surface area contributed by atoms with E-state index in [4.69, 9.17) is 32.8 Å². The number of carbonyl (C=O) groups excluding carboxylic acids is 1. The SMILES string of the molecule is COc1ccc(C(=O)Oc2ccc3oc(-c4cc(OC)c(OC)c(OC)c4)cc(=O)c3c2)cc1OC. The van der Waals surface area contributed by atoms with Crippen LogP contribution in [0.15, 0.2) is 63.8 Å². The molecule has 1 heterocycles. The molecule has 0 saturated carbocycles. The molecule has 0 fully saturated rings. The molecule has 4 aromatic rings. The van der Waals surface area contributed by atoms with E-state index in [0.717, 1.165) is 0 Å². The summed E-state index contributed by atoms with van der Waals surface area (Å²) in [6, 6.07) is 14.0. The highest BCUT2D eigenvalue weighted by Gasteiger charge is 2.18. The molecule has 3 aromatic carbocycles. The molecular formula is C27H24O9. The molecule has 0 aliphatic carbocycles. The number of rotatable bonds is 8. The Morgan fingerprint density at radius 2 is 1.36 bits per heavy atom. The van der Waals surface area contributed by atoms with Gasteiger partial charge in [0, 0.05) is 11.6 Å². The van der Waals surface area contributed by atoms with Crippen LogP contribution >= 0.6 is 0 Å². The first kappa shape index (κ1) is 24.5. The van der Waals surface area contributed by atoms with Crippen LogP contribution < -0.4 is 33.8 Å². The van der Waals surface area contributed by atoms with E-state index in [9.17, 15) is 9.59 Å². The summed E-state index contributed by atoms with van der Waals surface area (Å²) in [6.07, 6.45) is 0. The number of fused-ring (bicyclic) bond motifs is 1. The van der Waals surface area contributed by atoms with Crippen molar-refractivity contribution in [2.45, 2.75) is 0 Å². The van der Waals surface area contributed by atoms with Gasteiger partial charge in [-0.1, -0.05) is 0 Å². The van der Waals surface area contributed by atoms with Gasteiger partial charge in [0.1, 0.15) is 17.1 Å². The molecular weight excluding hydrogens is 468 g/mol. The Kier molecular flexibility index (Phi) is 7.00. The van der Waals surface area contributed by atoms with Crippen LogP contribution in [0.1, 0.15) is 10.4 Å². The minimum Gasteiger partial charge on any atom is -0.493 e. The fourth-order valence-electron chi connectivity index (χ4n) is 3.69. The Bertz CT molecular complexity index is 1460. The molecule has 186 valence electrons. The smallest absolute Gasteiger partial charge is 0.343 e. The van der Waals surface area contributed by atoms with Gasteiger partial charge in [-0.05, 0) is 48.5 Å². The second-order valence-corrected chi connectivity index (χ2v) is 7.51. The van der Waals surface area contributed by atoms with E-state index in [1.165, 1.54) is 53.7 Å². The van der Waals surface area contributed by atoms with Crippen LogP contribution in [0.4, 0.5) is 0 Å². The molecule has 4 rings (SSSR count). The molecule has 0 N–H and O–H groups in total. The lowest BCUT2D eigenvalue weighted by molar-refractivity contribution is 0.0734. The lowest BCUT2D eigenvalue weighted by Crippen LogP contribution is -2.09. The minimum atomic E-state index is -0.617. The van der Waals surface area contributed by atoms with E-state index in [1.807, 2.05) is 0 Å². The Balaban J connectivity index is 1.67. The standard InChI is InChI=1S/C27H24O9/c1-30-21-8-6-15(10-23(21)31-2)27(29)35-17-7-9-20-18(13-17)19(28)14-22(36-20)16-11-24(32-3)26(34-5)25(12-16)33-4/h6-14H,1-5H3. The summed E-state index contributed by atoms with van der Waals surface area (Å²) in [5.74, 6) is 2.03. The van der Waals surface area contributed by atoms with Crippen LogP contribution in [0.5, 0.6) is 34.5 Å². The van der Waals surface area contributed by atoms with E-state index < -0.39 is 5.97 Å². The summed E-state index contributed by atoms with van der Waals surface area (Å²) in [7, 11) is 7.49. The maximum Gasteiger partial charge on any atom is 0.343 e. The Labute approximate surface area is 206 Å². The average molecular weight is 492 g/mol. The van der Waals surface area contributed by atoms with Crippen molar-refractivity contribution in [2.75, 3.05) is 35.5 Å². The summed E-state index contributed by atoms with van der Waals surface area (Å²) >= 11 is 0. The Morgan fingerprint density at radius 1 is 0.694 bits per heavy atom. The maximum atomic E-state index is 12.9. The Morgan fingerprint density at radius 3 is 1.97 bits per heavy atom. The van der Waals surface area contributed by atoms with E-state index >= 15 is 0 Å². The highest BCUT2D eigenvalue weighted by atomic mass is 16.5. The van der Waals surface area contributed by atoms with Gasteiger partial charge >= 0.3 is 5.97 Å². The fraction of sp³-hybridized carbons (Fsp3) is 0.185. The van der Waals surface area contributed by atoms with Crippen LogP contribution in [0.25, 0.3) is 22.3 Å². The second kappa shape index (κ2) is 10.3. The number of esters is 1. The van der Waals surface area contributed by atoms with Crippen molar-refractivity contribution >= 4 is 16.9 Å². The summed E-state index contributed by atoms with van der Waals surface area (Å²) in [4.78, 5) is 25.6. The number of ether oxygens (including phenoxy) is 6. The molecule has 0 aliphatic rings. The first-order chi connectivity index (χ1) is 17.4. The third-order valence-electron chi connectivity index (χ3n) is 5.48. The van der Waals surface area contributed by atoms with Crippen LogP contribution in [0.2, 0.25) is 0 Å². The molecule has 0 spiro atoms. The molecule has 0 unspecified atom stereocenters. The van der Waals surface area contributed by atoms with E-state index in [2.05, 4.69) is 0 Å². The molecule has 0 atom stereocenters. The zero-order valence-electron chi connectivity index (χ0n) is 20.4. The number of hydrogen-bond acceptors (Lipinski definition) is 9. The quantitative estimate of drug-likeness (QED) is 0.255. The molecule has 9 heteroatoms. The highest BCUT2D eigenvalue weighted by Crippen LogP contribution is 2.41. The Hall–Kier alpha value is -4.66. The summed E-state index contributed by atoms with van der Waals surface area (Å²) < 4.78 is 38.0. The van der Waals surface area contributed by atoms with Gasteiger partial charge < -0.3 is 32.8 Å². The number of carbonyl (C=O) groups is 1. The van der Waals surface area contributed by atoms with E-state index in [1.54, 1.807) is 36.4 Å². The van der Waals surface area contributed by atoms with Crippen LogP contribution in [0.3, 0.4) is 0 Å². The summed E-state index contributed by atoms with van der Waals surface area (Å²) in [5, 5.41) is 0.254. The van der Waals surface area contributed by atoms with E-state index in [0.29, 0.717) is 45.7 Å². The normalized spacial score (nSPS) is 10.6. The molecule has 0 aliphatic heterocycles. The third kappa shape index (κ3) is 4.63. The fourth-order valence-corrected chi connectivity index (χ4v) is 3.69. The molecule has 0 bridgehead atoms. The van der Waals surface area contributed by atoms with Crippen LogP contribution in [0, 0.1) is 0 Å². The lowest BCUT2D eigenvalue weighted by atomic mass is 10.1. The van der Waals surface area contributed by atoms with Crippen LogP contribution in [-0.4, -0.2) is 41.5 Å². The summed E-state index contributed by atoms with van der Waals surface area (Å²) in [6.45, 7) is 0. The van der Waals surface area contributed by atoms with Gasteiger partial charge in [0.05, 0.1) is 46.5 Å². The topological polar surface area (TPSA) is 103 Å². The minimum absolute atomic E-state index is 0.190. The molecule has 0 radical (unpaired) electrons. The first-order valence-corrected chi connectivity index (χ1v) is 10.7. The highest BCUT2D eigenvalue weighted by molar-refractivity contribution is 5.92. The first-order valence-electron chi connectivity index (χ1n) is 10.7. The number of methoxy groups -OCH3 is 5. The molecule has 0 saturated heterocycles. The number of hydrogen-bond donors (Lipinski definition) is 0. The van der Waals surface area contributed by atoms with Gasteiger partial charge in [0.2, 0.25) is 5.75 Å². The van der Waals surface area contributed by atoms with Crippen molar-refractivity contribution in [3.63, 3.8) is 0 Å². The predicted molar refractivity (Wildman–Crippen MR) is 132 cm³/mol. The van der Waals surface area contributed by atoms with Gasteiger partial charge in [-0.25, -0.2) is 4.79 Å². The maximum absolute atomic E-state index is 12.9. The van der Waals surface area contributed by atoms with Crippen molar-refractivity contribution in [3.05, 3.63) is 70.4 Å². The van der Waals surface area contributed by atoms with Crippen molar-refractivity contribution in [2.24, 2.45) is 0 Å². The molecule has 1 aromatic heterocycles. The van der Waals surface area contributed by atoms with Gasteiger partial charge in [-0.15, -0.1) is 0 Å². The van der Waals surface area contributed by atoms with Crippen LogP contribution in [-0.2, 0) is 0 Å². The van der Waals surface area contributed by atoms with Crippen molar-refractivity contribution in [3.8, 4) is 45.8 Å². The van der Waals surface area contributed by atoms with Crippen molar-refractivity contribution in [1.82, 2.24) is 0 Å². The molecule has 36 heavy (non-hydrogen) atoms. The van der Waals surface area contributed by atoms with Crippen molar-refractivity contribution in [1.29, 1.82) is 0 Å². The molecule has 0 amide bonds. The van der Waals surface area contributed by atoms with Gasteiger partial charge in [0.15, 0.2) is 28.4 Å². The van der Waals surface area contributed by atoms with Crippen molar-refractivity contribution < 1.29 is 37.6 Å². The third-order valence-corrected chi connectivity index (χ3v) is 5.48.